The second-order valence-corrected chi connectivity index (χ2v) is 7.39. The molecule has 1 N–H and O–H groups in total. The monoisotopic (exact) mass is 314 g/mol. The van der Waals surface area contributed by atoms with Gasteiger partial charge in [-0.15, -0.1) is 11.3 Å². The van der Waals surface area contributed by atoms with Crippen molar-refractivity contribution in [3.8, 4) is 0 Å². The summed E-state index contributed by atoms with van der Waals surface area (Å²) >= 11 is 4.88. The zero-order chi connectivity index (χ0) is 11.8. The lowest BCUT2D eigenvalue weighted by Gasteiger charge is -2.30. The molecule has 3 atom stereocenters. The molecule has 2 saturated heterocycles. The summed E-state index contributed by atoms with van der Waals surface area (Å²) < 4.78 is 1.01. The summed E-state index contributed by atoms with van der Waals surface area (Å²) in [6, 6.07) is 4.14. The molecule has 0 aromatic carbocycles. The van der Waals surface area contributed by atoms with E-state index in [2.05, 4.69) is 26.1 Å². The predicted octanol–water partition coefficient (Wildman–Crippen LogP) is 2.33. The van der Waals surface area contributed by atoms with Crippen molar-refractivity contribution in [1.29, 1.82) is 0 Å². The van der Waals surface area contributed by atoms with Crippen molar-refractivity contribution in [2.24, 2.45) is 5.92 Å². The fourth-order valence-electron chi connectivity index (χ4n) is 2.86. The second kappa shape index (κ2) is 4.71. The maximum atomic E-state index is 12.0. The number of nitrogens with one attached hydrogen (secondary N) is 1. The number of thiophene rings is 1. The smallest absolute Gasteiger partial charge is 0.261 e. The third kappa shape index (κ3) is 2.56. The Morgan fingerprint density at radius 2 is 2.35 bits per heavy atom. The topological polar surface area (TPSA) is 32.3 Å². The van der Waals surface area contributed by atoms with Gasteiger partial charge in [0.1, 0.15) is 0 Å². The molecule has 1 aromatic heterocycles. The molecule has 0 aliphatic carbocycles. The lowest BCUT2D eigenvalue weighted by atomic mass is 9.97. The fourth-order valence-corrected chi connectivity index (χ4v) is 4.15. The summed E-state index contributed by atoms with van der Waals surface area (Å²) in [5.74, 6) is 0.873. The molecule has 3 heterocycles. The molecule has 2 aliphatic rings. The number of hydrogen-bond donors (Lipinski definition) is 1. The Labute approximate surface area is 113 Å². The number of hydrogen-bond acceptors (Lipinski definition) is 3. The van der Waals surface area contributed by atoms with E-state index >= 15 is 0 Å². The van der Waals surface area contributed by atoms with E-state index in [4.69, 9.17) is 0 Å². The van der Waals surface area contributed by atoms with Gasteiger partial charge in [-0.25, -0.2) is 0 Å². The molecule has 0 saturated carbocycles. The van der Waals surface area contributed by atoms with Gasteiger partial charge in [0.25, 0.3) is 5.91 Å². The maximum absolute atomic E-state index is 12.0. The van der Waals surface area contributed by atoms with Crippen LogP contribution in [-0.2, 0) is 0 Å². The molecule has 92 valence electrons. The maximum Gasteiger partial charge on any atom is 0.261 e. The minimum atomic E-state index is 0.0770. The van der Waals surface area contributed by atoms with Gasteiger partial charge < -0.3 is 10.2 Å². The van der Waals surface area contributed by atoms with E-state index in [0.29, 0.717) is 6.04 Å². The quantitative estimate of drug-likeness (QED) is 0.908. The van der Waals surface area contributed by atoms with Crippen molar-refractivity contribution < 1.29 is 4.79 Å². The highest BCUT2D eigenvalue weighted by molar-refractivity contribution is 9.11. The van der Waals surface area contributed by atoms with Crippen molar-refractivity contribution in [3.05, 3.63) is 20.8 Å². The van der Waals surface area contributed by atoms with Crippen LogP contribution in [0, 0.1) is 5.92 Å². The lowest BCUT2D eigenvalue weighted by molar-refractivity contribution is 0.0913. The third-order valence-corrected chi connectivity index (χ3v) is 5.22. The van der Waals surface area contributed by atoms with E-state index < -0.39 is 0 Å². The highest BCUT2D eigenvalue weighted by Gasteiger charge is 2.33. The van der Waals surface area contributed by atoms with Gasteiger partial charge in [-0.2, -0.15) is 0 Å². The van der Waals surface area contributed by atoms with Gasteiger partial charge in [-0.3, -0.25) is 4.79 Å². The molecule has 1 amide bonds. The molecular weight excluding hydrogens is 300 g/mol. The summed E-state index contributed by atoms with van der Waals surface area (Å²) in [6.45, 7) is 3.47. The number of carbonyl (C=O) groups is 1. The number of piperidine rings is 1. The number of carbonyl (C=O) groups excluding carboxylic acids is 1. The van der Waals surface area contributed by atoms with Crippen LogP contribution in [-0.4, -0.2) is 36.5 Å². The number of fused-ring (bicyclic) bond motifs is 2. The highest BCUT2D eigenvalue weighted by Crippen LogP contribution is 2.27. The molecule has 0 radical (unpaired) electrons. The van der Waals surface area contributed by atoms with Gasteiger partial charge in [-0.1, -0.05) is 0 Å². The number of amides is 1. The highest BCUT2D eigenvalue weighted by atomic mass is 79.9. The van der Waals surface area contributed by atoms with Gasteiger partial charge >= 0.3 is 0 Å². The third-order valence-electron chi connectivity index (χ3n) is 3.60. The van der Waals surface area contributed by atoms with Crippen LogP contribution in [0.1, 0.15) is 22.5 Å². The molecule has 0 spiro atoms. The fraction of sp³-hybridized carbons (Fsp3) is 0.583. The van der Waals surface area contributed by atoms with Crippen LogP contribution in [0.5, 0.6) is 0 Å². The number of rotatable bonds is 2. The van der Waals surface area contributed by atoms with Crippen molar-refractivity contribution in [1.82, 2.24) is 10.2 Å². The van der Waals surface area contributed by atoms with Crippen LogP contribution in [0.15, 0.2) is 15.9 Å². The first-order chi connectivity index (χ1) is 8.20. The molecule has 3 nitrogen and oxygen atoms in total. The van der Waals surface area contributed by atoms with Crippen LogP contribution in [0.25, 0.3) is 0 Å². The van der Waals surface area contributed by atoms with Crippen LogP contribution in [0.3, 0.4) is 0 Å². The molecule has 1 unspecified atom stereocenters. The SMILES string of the molecule is O=C(N[C@H]1C[C@H]2CCN(C2)C1)c1ccc(Br)s1. The van der Waals surface area contributed by atoms with Gasteiger partial charge in [0.2, 0.25) is 0 Å². The van der Waals surface area contributed by atoms with Crippen molar-refractivity contribution >= 4 is 33.2 Å². The Hall–Kier alpha value is -0.390. The van der Waals surface area contributed by atoms with E-state index in [9.17, 15) is 4.79 Å². The average Bonchev–Trinajstić information content (AvgIpc) is 2.85. The van der Waals surface area contributed by atoms with E-state index in [0.717, 1.165) is 27.5 Å². The first kappa shape index (κ1) is 11.7. The van der Waals surface area contributed by atoms with E-state index in [1.165, 1.54) is 30.8 Å². The van der Waals surface area contributed by atoms with Crippen LogP contribution in [0.2, 0.25) is 0 Å². The van der Waals surface area contributed by atoms with E-state index in [-0.39, 0.29) is 5.91 Å². The van der Waals surface area contributed by atoms with Crippen molar-refractivity contribution in [3.63, 3.8) is 0 Å². The van der Waals surface area contributed by atoms with Crippen molar-refractivity contribution in [2.45, 2.75) is 18.9 Å². The zero-order valence-electron chi connectivity index (χ0n) is 9.49. The van der Waals surface area contributed by atoms with Crippen LogP contribution >= 0.6 is 27.3 Å². The minimum Gasteiger partial charge on any atom is -0.347 e. The van der Waals surface area contributed by atoms with Gasteiger partial charge in [0, 0.05) is 19.1 Å². The first-order valence-corrected chi connectivity index (χ1v) is 7.60. The van der Waals surface area contributed by atoms with Crippen LogP contribution in [0.4, 0.5) is 0 Å². The van der Waals surface area contributed by atoms with Gasteiger partial charge in [0.15, 0.2) is 0 Å². The second-order valence-electron chi connectivity index (χ2n) is 4.92. The molecular formula is C12H15BrN2OS. The largest absolute Gasteiger partial charge is 0.347 e. The summed E-state index contributed by atoms with van der Waals surface area (Å²) in [5.41, 5.74) is 0. The Balaban J connectivity index is 1.62. The molecule has 17 heavy (non-hydrogen) atoms. The summed E-state index contributed by atoms with van der Waals surface area (Å²) in [4.78, 5) is 15.3. The van der Waals surface area contributed by atoms with E-state index in [1.54, 1.807) is 0 Å². The normalized spacial score (nSPS) is 31.5. The Morgan fingerprint density at radius 3 is 3.06 bits per heavy atom. The number of nitrogens with zero attached hydrogens (tertiary/aromatic N) is 1. The Morgan fingerprint density at radius 1 is 1.47 bits per heavy atom. The average molecular weight is 315 g/mol. The minimum absolute atomic E-state index is 0.0770. The molecule has 1 aromatic rings. The molecule has 2 aliphatic heterocycles. The number of halogens is 1. The summed E-state index contributed by atoms with van der Waals surface area (Å²) in [5, 5.41) is 3.16. The van der Waals surface area contributed by atoms with Gasteiger partial charge in [-0.05, 0) is 53.4 Å². The molecule has 2 fully saturated rings. The lowest BCUT2D eigenvalue weighted by Crippen LogP contribution is -2.46. The summed E-state index contributed by atoms with van der Waals surface area (Å²) in [6.07, 6.45) is 2.45. The standard InChI is InChI=1S/C12H15BrN2OS/c13-11-2-1-10(17-11)12(16)14-9-5-8-3-4-15(6-8)7-9/h1-2,8-9H,3-7H2,(H,14,16)/t8-,9+/m1/s1. The molecule has 5 heteroatoms. The predicted molar refractivity (Wildman–Crippen MR) is 72.4 cm³/mol. The van der Waals surface area contributed by atoms with Gasteiger partial charge in [0.05, 0.1) is 8.66 Å². The molecule has 2 bridgehead atoms. The Bertz CT molecular complexity index is 422. The van der Waals surface area contributed by atoms with E-state index in [1.807, 2.05) is 12.1 Å². The Kier molecular flexibility index (Phi) is 3.23. The molecule has 3 rings (SSSR count). The van der Waals surface area contributed by atoms with Crippen LogP contribution < -0.4 is 5.32 Å². The first-order valence-electron chi connectivity index (χ1n) is 5.99. The van der Waals surface area contributed by atoms with Crippen molar-refractivity contribution in [2.75, 3.05) is 19.6 Å². The summed E-state index contributed by atoms with van der Waals surface area (Å²) in [7, 11) is 0. The zero-order valence-corrected chi connectivity index (χ0v) is 11.9.